The molecule has 0 radical (unpaired) electrons. The average molecular weight is 288 g/mol. The summed E-state index contributed by atoms with van der Waals surface area (Å²) in [4.78, 5) is 4.51. The van der Waals surface area contributed by atoms with E-state index in [1.54, 1.807) is 37.4 Å². The van der Waals surface area contributed by atoms with Gasteiger partial charge in [0.15, 0.2) is 0 Å². The number of hydrogen-bond donors (Lipinski definition) is 1. The fraction of sp³-hybridized carbons (Fsp3) is 0.267. The highest BCUT2D eigenvalue weighted by molar-refractivity contribution is 7.89. The minimum Gasteiger partial charge on any atom is -0.256 e. The summed E-state index contributed by atoms with van der Waals surface area (Å²) in [5.41, 5.74) is 1.67. The molecule has 20 heavy (non-hydrogen) atoms. The third-order valence-electron chi connectivity index (χ3n) is 2.94. The maximum atomic E-state index is 12.3. The molecular weight excluding hydrogens is 272 g/mol. The molecule has 0 spiro atoms. The van der Waals surface area contributed by atoms with Crippen LogP contribution in [0.25, 0.3) is 10.9 Å². The van der Waals surface area contributed by atoms with Gasteiger partial charge in [-0.05, 0) is 37.6 Å². The molecule has 0 amide bonds. The highest BCUT2D eigenvalue weighted by atomic mass is 32.2. The molecule has 104 valence electrons. The summed E-state index contributed by atoms with van der Waals surface area (Å²) in [6.07, 6.45) is 2.16. The van der Waals surface area contributed by atoms with Crippen molar-refractivity contribution in [2.45, 2.75) is 25.2 Å². The molecule has 4 nitrogen and oxygen atoms in total. The van der Waals surface area contributed by atoms with E-state index in [9.17, 15) is 8.42 Å². The molecule has 2 rings (SSSR count). The van der Waals surface area contributed by atoms with Crippen molar-refractivity contribution in [2.75, 3.05) is 6.54 Å². The summed E-state index contributed by atoms with van der Waals surface area (Å²) in [6.45, 7) is 3.95. The van der Waals surface area contributed by atoms with Crippen LogP contribution in [-0.4, -0.2) is 19.9 Å². The van der Waals surface area contributed by atoms with Gasteiger partial charge in [-0.25, -0.2) is 13.1 Å². The summed E-state index contributed by atoms with van der Waals surface area (Å²) in [5.74, 6) is 5.57. The van der Waals surface area contributed by atoms with Gasteiger partial charge in [-0.15, -0.1) is 11.8 Å². The maximum absolute atomic E-state index is 12.3. The van der Waals surface area contributed by atoms with Crippen LogP contribution in [0, 0.1) is 18.8 Å². The van der Waals surface area contributed by atoms with Crippen molar-refractivity contribution < 1.29 is 8.42 Å². The van der Waals surface area contributed by atoms with Gasteiger partial charge < -0.3 is 0 Å². The average Bonchev–Trinajstić information content (AvgIpc) is 2.44. The topological polar surface area (TPSA) is 59.1 Å². The van der Waals surface area contributed by atoms with Crippen LogP contribution in [0.15, 0.2) is 35.4 Å². The normalized spacial score (nSPS) is 11.1. The molecule has 0 aliphatic heterocycles. The van der Waals surface area contributed by atoms with E-state index in [0.717, 1.165) is 5.56 Å². The first-order chi connectivity index (χ1) is 9.56. The molecule has 0 aliphatic rings. The van der Waals surface area contributed by atoms with Crippen molar-refractivity contribution >= 4 is 20.9 Å². The molecule has 1 heterocycles. The van der Waals surface area contributed by atoms with Gasteiger partial charge in [0.25, 0.3) is 0 Å². The lowest BCUT2D eigenvalue weighted by molar-refractivity contribution is 0.583. The molecule has 0 aliphatic carbocycles. The minimum atomic E-state index is -3.54. The Labute approximate surface area is 119 Å². The van der Waals surface area contributed by atoms with Gasteiger partial charge in [-0.1, -0.05) is 6.07 Å². The lowest BCUT2D eigenvalue weighted by Crippen LogP contribution is -2.24. The molecule has 2 aromatic rings. The van der Waals surface area contributed by atoms with Crippen LogP contribution in [0.5, 0.6) is 0 Å². The van der Waals surface area contributed by atoms with Crippen LogP contribution in [0.2, 0.25) is 0 Å². The molecule has 5 heteroatoms. The van der Waals surface area contributed by atoms with Gasteiger partial charge in [-0.2, -0.15) is 0 Å². The zero-order chi connectivity index (χ0) is 14.6. The maximum Gasteiger partial charge on any atom is 0.241 e. The molecule has 0 bridgehead atoms. The van der Waals surface area contributed by atoms with Gasteiger partial charge in [0.2, 0.25) is 10.0 Å². The van der Waals surface area contributed by atoms with Crippen molar-refractivity contribution in [1.29, 1.82) is 0 Å². The molecule has 0 unspecified atom stereocenters. The Bertz CT molecular complexity index is 786. The summed E-state index contributed by atoms with van der Waals surface area (Å²) >= 11 is 0. The summed E-state index contributed by atoms with van der Waals surface area (Å²) < 4.78 is 27.2. The number of sulfonamides is 1. The van der Waals surface area contributed by atoms with E-state index in [1.807, 2.05) is 6.92 Å². The molecule has 1 N–H and O–H groups in total. The van der Waals surface area contributed by atoms with E-state index in [2.05, 4.69) is 21.5 Å². The lowest BCUT2D eigenvalue weighted by Gasteiger charge is -2.09. The van der Waals surface area contributed by atoms with Gasteiger partial charge in [0.1, 0.15) is 0 Å². The monoisotopic (exact) mass is 288 g/mol. The van der Waals surface area contributed by atoms with Crippen LogP contribution in [-0.2, 0) is 10.0 Å². The number of fused-ring (bicyclic) bond motifs is 1. The molecule has 0 saturated heterocycles. The van der Waals surface area contributed by atoms with E-state index in [4.69, 9.17) is 0 Å². The number of hydrogen-bond acceptors (Lipinski definition) is 3. The Morgan fingerprint density at radius 2 is 2.10 bits per heavy atom. The predicted octanol–water partition coefficient (Wildman–Crippen LogP) is 2.23. The third-order valence-corrected chi connectivity index (χ3v) is 4.46. The second-order valence-electron chi connectivity index (χ2n) is 4.35. The number of nitrogens with one attached hydrogen (secondary N) is 1. The zero-order valence-electron chi connectivity index (χ0n) is 11.5. The van der Waals surface area contributed by atoms with Crippen molar-refractivity contribution in [3.05, 3.63) is 36.0 Å². The molecule has 1 aromatic heterocycles. The van der Waals surface area contributed by atoms with Crippen LogP contribution in [0.4, 0.5) is 0 Å². The van der Waals surface area contributed by atoms with Gasteiger partial charge in [0.05, 0.1) is 10.4 Å². The quantitative estimate of drug-likeness (QED) is 0.693. The molecule has 0 saturated carbocycles. The number of pyridine rings is 1. The van der Waals surface area contributed by atoms with Gasteiger partial charge >= 0.3 is 0 Å². The number of aromatic nitrogens is 1. The predicted molar refractivity (Wildman–Crippen MR) is 79.7 cm³/mol. The number of rotatable bonds is 4. The van der Waals surface area contributed by atoms with Gasteiger partial charge in [0, 0.05) is 24.5 Å². The van der Waals surface area contributed by atoms with Crippen LogP contribution >= 0.6 is 0 Å². The highest BCUT2D eigenvalue weighted by Gasteiger charge is 2.17. The van der Waals surface area contributed by atoms with Crippen LogP contribution in [0.3, 0.4) is 0 Å². The number of benzene rings is 1. The Morgan fingerprint density at radius 3 is 2.85 bits per heavy atom. The van der Waals surface area contributed by atoms with E-state index in [0.29, 0.717) is 23.9 Å². The second-order valence-corrected chi connectivity index (χ2v) is 6.09. The largest absolute Gasteiger partial charge is 0.256 e. The molecular formula is C15H16N2O2S. The minimum absolute atomic E-state index is 0.260. The summed E-state index contributed by atoms with van der Waals surface area (Å²) in [7, 11) is -3.54. The second kappa shape index (κ2) is 6.04. The van der Waals surface area contributed by atoms with E-state index < -0.39 is 10.0 Å². The lowest BCUT2D eigenvalue weighted by atomic mass is 10.1. The Hall–Kier alpha value is -1.90. The van der Waals surface area contributed by atoms with Crippen LogP contribution < -0.4 is 4.72 Å². The SMILES string of the molecule is CC#CCCNS(=O)(=O)c1ccc(C)c2ncccc12. The third kappa shape index (κ3) is 2.98. The number of nitrogens with zero attached hydrogens (tertiary/aromatic N) is 1. The smallest absolute Gasteiger partial charge is 0.241 e. The summed E-state index contributed by atoms with van der Waals surface area (Å²) in [5, 5.41) is 0.640. The Morgan fingerprint density at radius 1 is 1.30 bits per heavy atom. The van der Waals surface area contributed by atoms with Crippen molar-refractivity contribution in [2.24, 2.45) is 0 Å². The molecule has 0 fully saturated rings. The summed E-state index contributed by atoms with van der Waals surface area (Å²) in [6, 6.07) is 6.90. The van der Waals surface area contributed by atoms with E-state index in [1.165, 1.54) is 0 Å². The number of aryl methyl sites for hydroxylation is 1. The Balaban J connectivity index is 2.41. The fourth-order valence-electron chi connectivity index (χ4n) is 1.97. The molecule has 0 atom stereocenters. The van der Waals surface area contributed by atoms with Crippen molar-refractivity contribution in [3.63, 3.8) is 0 Å². The first-order valence-corrected chi connectivity index (χ1v) is 7.78. The fourth-order valence-corrected chi connectivity index (χ4v) is 3.20. The van der Waals surface area contributed by atoms with Crippen LogP contribution in [0.1, 0.15) is 18.9 Å². The van der Waals surface area contributed by atoms with E-state index >= 15 is 0 Å². The standard InChI is InChI=1S/C15H16N2O2S/c1-3-4-5-11-17-20(18,19)14-9-8-12(2)15-13(14)7-6-10-16-15/h6-10,17H,5,11H2,1-2H3. The molecule has 1 aromatic carbocycles. The van der Waals surface area contributed by atoms with Gasteiger partial charge in [-0.3, -0.25) is 4.98 Å². The zero-order valence-corrected chi connectivity index (χ0v) is 12.3. The van der Waals surface area contributed by atoms with Crippen molar-refractivity contribution in [3.8, 4) is 11.8 Å². The van der Waals surface area contributed by atoms with Crippen molar-refractivity contribution in [1.82, 2.24) is 9.71 Å². The Kier molecular flexibility index (Phi) is 4.38. The van der Waals surface area contributed by atoms with E-state index in [-0.39, 0.29) is 4.90 Å². The first kappa shape index (κ1) is 14.5. The first-order valence-electron chi connectivity index (χ1n) is 6.30. The highest BCUT2D eigenvalue weighted by Crippen LogP contribution is 2.23.